The molecule has 1 amide bonds. The Hall–Kier alpha value is -3.09. The number of aromatic nitrogens is 4. The summed E-state index contributed by atoms with van der Waals surface area (Å²) in [4.78, 5) is 19.0. The van der Waals surface area contributed by atoms with Gasteiger partial charge in [0.05, 0.1) is 25.2 Å². The van der Waals surface area contributed by atoms with Crippen LogP contribution in [0.3, 0.4) is 0 Å². The molecule has 140 valence electrons. The molecule has 7 heteroatoms. The van der Waals surface area contributed by atoms with E-state index in [2.05, 4.69) is 14.6 Å². The quantitative estimate of drug-likeness (QED) is 0.697. The Morgan fingerprint density at radius 3 is 3.04 bits per heavy atom. The van der Waals surface area contributed by atoms with Crippen molar-refractivity contribution >= 4 is 5.91 Å². The molecule has 2 aromatic heterocycles. The van der Waals surface area contributed by atoms with Crippen molar-refractivity contribution in [2.24, 2.45) is 5.92 Å². The number of amides is 1. The highest BCUT2D eigenvalue weighted by Crippen LogP contribution is 2.23. The van der Waals surface area contributed by atoms with E-state index in [-0.39, 0.29) is 5.91 Å². The van der Waals surface area contributed by atoms with Crippen LogP contribution in [-0.4, -0.2) is 50.3 Å². The van der Waals surface area contributed by atoms with E-state index in [0.717, 1.165) is 43.9 Å². The zero-order valence-corrected chi connectivity index (χ0v) is 15.4. The Kier molecular flexibility index (Phi) is 4.91. The number of hydrogen-bond acceptors (Lipinski definition) is 4. The molecule has 3 heterocycles. The number of piperidine rings is 1. The molecule has 1 aromatic carbocycles. The zero-order valence-electron chi connectivity index (χ0n) is 15.4. The normalized spacial score (nSPS) is 17.1. The summed E-state index contributed by atoms with van der Waals surface area (Å²) in [6.45, 7) is 2.44. The number of para-hydroxylation sites is 2. The van der Waals surface area contributed by atoms with Crippen molar-refractivity contribution < 1.29 is 9.53 Å². The van der Waals surface area contributed by atoms with Gasteiger partial charge in [0.2, 0.25) is 0 Å². The SMILES string of the molecule is COc1ccccc1-n1cc(C(=O)N2CCC[C@@H](Cn3ccnc3)C2)cn1. The molecule has 27 heavy (non-hydrogen) atoms. The molecular formula is C20H23N5O2. The number of benzene rings is 1. The summed E-state index contributed by atoms with van der Waals surface area (Å²) >= 11 is 0. The van der Waals surface area contributed by atoms with E-state index >= 15 is 0 Å². The van der Waals surface area contributed by atoms with Gasteiger partial charge in [0.1, 0.15) is 11.4 Å². The van der Waals surface area contributed by atoms with Gasteiger partial charge in [0.25, 0.3) is 5.91 Å². The molecule has 3 aromatic rings. The lowest BCUT2D eigenvalue weighted by Gasteiger charge is -2.32. The predicted molar refractivity (Wildman–Crippen MR) is 101 cm³/mol. The largest absolute Gasteiger partial charge is 0.494 e. The minimum Gasteiger partial charge on any atom is -0.494 e. The smallest absolute Gasteiger partial charge is 0.257 e. The third kappa shape index (κ3) is 3.72. The van der Waals surface area contributed by atoms with Gasteiger partial charge in [-0.3, -0.25) is 4.79 Å². The first-order chi connectivity index (χ1) is 13.2. The number of hydrogen-bond donors (Lipinski definition) is 0. The lowest BCUT2D eigenvalue weighted by molar-refractivity contribution is 0.0662. The van der Waals surface area contributed by atoms with Crippen molar-refractivity contribution in [3.63, 3.8) is 0 Å². The maximum absolute atomic E-state index is 13.0. The van der Waals surface area contributed by atoms with E-state index in [4.69, 9.17) is 4.74 Å². The Balaban J connectivity index is 1.47. The second-order valence-electron chi connectivity index (χ2n) is 6.86. The van der Waals surface area contributed by atoms with Crippen LogP contribution in [-0.2, 0) is 6.54 Å². The Bertz CT molecular complexity index is 903. The minimum absolute atomic E-state index is 0.0338. The van der Waals surface area contributed by atoms with Crippen LogP contribution in [0.1, 0.15) is 23.2 Å². The summed E-state index contributed by atoms with van der Waals surface area (Å²) in [6, 6.07) is 7.63. The third-order valence-electron chi connectivity index (χ3n) is 5.00. The van der Waals surface area contributed by atoms with Crippen molar-refractivity contribution in [3.05, 3.63) is 60.9 Å². The van der Waals surface area contributed by atoms with Gasteiger partial charge in [-0.05, 0) is 30.9 Å². The van der Waals surface area contributed by atoms with E-state index < -0.39 is 0 Å². The average Bonchev–Trinajstić information content (AvgIpc) is 3.40. The molecule has 0 N–H and O–H groups in total. The minimum atomic E-state index is 0.0338. The van der Waals surface area contributed by atoms with Crippen molar-refractivity contribution in [1.82, 2.24) is 24.2 Å². The maximum atomic E-state index is 13.0. The summed E-state index contributed by atoms with van der Waals surface area (Å²) in [5.74, 6) is 1.20. The highest BCUT2D eigenvalue weighted by molar-refractivity contribution is 5.93. The molecular weight excluding hydrogens is 342 g/mol. The number of nitrogens with zero attached hydrogens (tertiary/aromatic N) is 5. The van der Waals surface area contributed by atoms with Gasteiger partial charge in [-0.1, -0.05) is 12.1 Å². The van der Waals surface area contributed by atoms with E-state index in [9.17, 15) is 4.79 Å². The fraction of sp³-hybridized carbons (Fsp3) is 0.350. The summed E-state index contributed by atoms with van der Waals surface area (Å²) in [5, 5.41) is 4.37. The van der Waals surface area contributed by atoms with Gasteiger partial charge in [-0.25, -0.2) is 9.67 Å². The van der Waals surface area contributed by atoms with Crippen LogP contribution in [0.15, 0.2) is 55.4 Å². The molecule has 1 saturated heterocycles. The van der Waals surface area contributed by atoms with E-state index in [0.29, 0.717) is 11.5 Å². The Morgan fingerprint density at radius 1 is 1.33 bits per heavy atom. The topological polar surface area (TPSA) is 65.2 Å². The standard InChI is InChI=1S/C20H23N5O2/c1-27-19-7-3-2-6-18(19)25-14-17(11-22-25)20(26)24-9-4-5-16(13-24)12-23-10-8-21-15-23/h2-3,6-8,10-11,14-16H,4-5,9,12-13H2,1H3/t16-/m0/s1. The molecule has 1 fully saturated rings. The first-order valence-corrected chi connectivity index (χ1v) is 9.17. The van der Waals surface area contributed by atoms with Gasteiger partial charge in [0.15, 0.2) is 0 Å². The van der Waals surface area contributed by atoms with Gasteiger partial charge < -0.3 is 14.2 Å². The highest BCUT2D eigenvalue weighted by atomic mass is 16.5. The first kappa shape index (κ1) is 17.3. The van der Waals surface area contributed by atoms with Crippen LogP contribution >= 0.6 is 0 Å². The second-order valence-corrected chi connectivity index (χ2v) is 6.86. The number of imidazole rings is 1. The molecule has 4 rings (SSSR count). The molecule has 0 unspecified atom stereocenters. The lowest BCUT2D eigenvalue weighted by atomic mass is 9.97. The number of carbonyl (C=O) groups is 1. The van der Waals surface area contributed by atoms with Gasteiger partial charge in [-0.15, -0.1) is 0 Å². The molecule has 0 saturated carbocycles. The molecule has 7 nitrogen and oxygen atoms in total. The molecule has 0 radical (unpaired) electrons. The molecule has 1 aliphatic rings. The number of methoxy groups -OCH3 is 1. The number of likely N-dealkylation sites (tertiary alicyclic amines) is 1. The highest BCUT2D eigenvalue weighted by Gasteiger charge is 2.25. The van der Waals surface area contributed by atoms with Crippen molar-refractivity contribution in [1.29, 1.82) is 0 Å². The number of carbonyl (C=O) groups excluding carboxylic acids is 1. The van der Waals surface area contributed by atoms with Gasteiger partial charge in [-0.2, -0.15) is 5.10 Å². The molecule has 1 atom stereocenters. The average molecular weight is 365 g/mol. The van der Waals surface area contributed by atoms with E-state index in [1.807, 2.05) is 41.7 Å². The fourth-order valence-corrected chi connectivity index (χ4v) is 3.66. The van der Waals surface area contributed by atoms with Gasteiger partial charge in [0, 0.05) is 38.2 Å². The third-order valence-corrected chi connectivity index (χ3v) is 5.00. The van der Waals surface area contributed by atoms with Crippen LogP contribution in [0, 0.1) is 5.92 Å². The van der Waals surface area contributed by atoms with E-state index in [1.54, 1.807) is 30.4 Å². The molecule has 0 bridgehead atoms. The Morgan fingerprint density at radius 2 is 2.22 bits per heavy atom. The van der Waals surface area contributed by atoms with E-state index in [1.165, 1.54) is 0 Å². The summed E-state index contributed by atoms with van der Waals surface area (Å²) in [5.41, 5.74) is 1.42. The van der Waals surface area contributed by atoms with Gasteiger partial charge >= 0.3 is 0 Å². The summed E-state index contributed by atoms with van der Waals surface area (Å²) < 4.78 is 9.16. The number of rotatable bonds is 5. The second kappa shape index (κ2) is 7.65. The lowest BCUT2D eigenvalue weighted by Crippen LogP contribution is -2.40. The van der Waals surface area contributed by atoms with Crippen LogP contribution < -0.4 is 4.74 Å². The van der Waals surface area contributed by atoms with Crippen LogP contribution in [0.4, 0.5) is 0 Å². The summed E-state index contributed by atoms with van der Waals surface area (Å²) in [6.07, 6.45) is 11.1. The first-order valence-electron chi connectivity index (χ1n) is 9.17. The summed E-state index contributed by atoms with van der Waals surface area (Å²) in [7, 11) is 1.63. The molecule has 0 aliphatic carbocycles. The van der Waals surface area contributed by atoms with Crippen LogP contribution in [0.5, 0.6) is 5.75 Å². The number of ether oxygens (including phenoxy) is 1. The maximum Gasteiger partial charge on any atom is 0.257 e. The Labute approximate surface area is 158 Å². The van der Waals surface area contributed by atoms with Crippen LogP contribution in [0.25, 0.3) is 5.69 Å². The molecule has 1 aliphatic heterocycles. The van der Waals surface area contributed by atoms with Crippen LogP contribution in [0.2, 0.25) is 0 Å². The van der Waals surface area contributed by atoms with Crippen molar-refractivity contribution in [3.8, 4) is 11.4 Å². The fourth-order valence-electron chi connectivity index (χ4n) is 3.66. The zero-order chi connectivity index (χ0) is 18.6. The van der Waals surface area contributed by atoms with Crippen molar-refractivity contribution in [2.45, 2.75) is 19.4 Å². The van der Waals surface area contributed by atoms with Crippen molar-refractivity contribution in [2.75, 3.05) is 20.2 Å². The predicted octanol–water partition coefficient (Wildman–Crippen LogP) is 2.63. The monoisotopic (exact) mass is 365 g/mol. The molecule has 0 spiro atoms.